The fraction of sp³-hybridized carbons (Fsp3) is 0.467. The minimum atomic E-state index is -5.81. The SMILES string of the molecule is COC(=O)[C@@H](Nc1ccc(OS(=O)(=O)C(F)(F)F)cc1)C(=O)OC(C)(C)C. The molecule has 1 N–H and O–H groups in total. The zero-order valence-electron chi connectivity index (χ0n) is 14.8. The van der Waals surface area contributed by atoms with Crippen molar-refractivity contribution in [1.29, 1.82) is 0 Å². The normalized spacial score (nSPS) is 13.4. The molecule has 0 spiro atoms. The van der Waals surface area contributed by atoms with E-state index in [1.165, 1.54) is 0 Å². The number of halogens is 3. The molecule has 0 saturated carbocycles. The van der Waals surface area contributed by atoms with Gasteiger partial charge in [0.1, 0.15) is 11.4 Å². The van der Waals surface area contributed by atoms with Gasteiger partial charge in [0, 0.05) is 5.69 Å². The standard InChI is InChI=1S/C15H18F3NO7S/c1-14(2,3)25-13(21)11(12(20)24-4)19-9-5-7-10(8-6-9)26-27(22,23)15(16,17)18/h5-8,11,19H,1-4H3/t11-/m1/s1. The van der Waals surface area contributed by atoms with E-state index in [1.54, 1.807) is 20.8 Å². The van der Waals surface area contributed by atoms with Crippen molar-refractivity contribution >= 4 is 27.7 Å². The first-order chi connectivity index (χ1) is 12.2. The van der Waals surface area contributed by atoms with Crippen molar-refractivity contribution in [3.63, 3.8) is 0 Å². The fourth-order valence-corrected chi connectivity index (χ4v) is 2.10. The van der Waals surface area contributed by atoms with E-state index in [0.29, 0.717) is 0 Å². The van der Waals surface area contributed by atoms with Gasteiger partial charge < -0.3 is 19.0 Å². The number of hydrogen-bond donors (Lipinski definition) is 1. The van der Waals surface area contributed by atoms with Crippen molar-refractivity contribution in [3.8, 4) is 5.75 Å². The Morgan fingerprint density at radius 3 is 1.96 bits per heavy atom. The van der Waals surface area contributed by atoms with Gasteiger partial charge in [0.15, 0.2) is 0 Å². The fourth-order valence-electron chi connectivity index (χ4n) is 1.64. The molecule has 8 nitrogen and oxygen atoms in total. The number of anilines is 1. The lowest BCUT2D eigenvalue weighted by molar-refractivity contribution is -0.162. The molecule has 0 aromatic heterocycles. The summed E-state index contributed by atoms with van der Waals surface area (Å²) in [5, 5.41) is 2.50. The van der Waals surface area contributed by atoms with Crippen LogP contribution in [0.5, 0.6) is 5.75 Å². The van der Waals surface area contributed by atoms with Gasteiger partial charge in [-0.1, -0.05) is 0 Å². The second-order valence-electron chi connectivity index (χ2n) is 6.14. The number of nitrogens with one attached hydrogen (secondary N) is 1. The predicted molar refractivity (Wildman–Crippen MR) is 87.3 cm³/mol. The molecule has 0 aliphatic heterocycles. The highest BCUT2D eigenvalue weighted by Gasteiger charge is 2.48. The molecule has 0 aliphatic carbocycles. The Morgan fingerprint density at radius 1 is 1.04 bits per heavy atom. The van der Waals surface area contributed by atoms with Gasteiger partial charge in [-0.25, -0.2) is 9.59 Å². The van der Waals surface area contributed by atoms with E-state index in [4.69, 9.17) is 4.74 Å². The summed E-state index contributed by atoms with van der Waals surface area (Å²) in [5.74, 6) is -2.50. The summed E-state index contributed by atoms with van der Waals surface area (Å²) in [7, 11) is -4.75. The van der Waals surface area contributed by atoms with E-state index in [9.17, 15) is 31.2 Å². The second kappa shape index (κ2) is 8.03. The maximum atomic E-state index is 12.3. The first-order valence-electron chi connectivity index (χ1n) is 7.34. The van der Waals surface area contributed by atoms with E-state index in [-0.39, 0.29) is 5.69 Å². The molecule has 27 heavy (non-hydrogen) atoms. The zero-order valence-corrected chi connectivity index (χ0v) is 15.6. The van der Waals surface area contributed by atoms with Crippen molar-refractivity contribution in [2.45, 2.75) is 37.9 Å². The molecule has 12 heteroatoms. The van der Waals surface area contributed by atoms with E-state index in [0.717, 1.165) is 31.4 Å². The minimum absolute atomic E-state index is 0.105. The van der Waals surface area contributed by atoms with Gasteiger partial charge in [-0.15, -0.1) is 0 Å². The van der Waals surface area contributed by atoms with Crippen molar-refractivity contribution in [2.24, 2.45) is 0 Å². The number of esters is 2. The molecule has 0 saturated heterocycles. The molecule has 0 bridgehead atoms. The number of rotatable bonds is 6. The second-order valence-corrected chi connectivity index (χ2v) is 7.68. The van der Waals surface area contributed by atoms with Crippen LogP contribution in [0, 0.1) is 0 Å². The lowest BCUT2D eigenvalue weighted by Gasteiger charge is -2.23. The van der Waals surface area contributed by atoms with Crippen LogP contribution in [-0.4, -0.2) is 44.6 Å². The Morgan fingerprint density at radius 2 is 1.56 bits per heavy atom. The average molecular weight is 413 g/mol. The van der Waals surface area contributed by atoms with Crippen molar-refractivity contribution in [2.75, 3.05) is 12.4 Å². The monoisotopic (exact) mass is 413 g/mol. The Labute approximate surface area is 153 Å². The number of ether oxygens (including phenoxy) is 2. The molecule has 0 unspecified atom stereocenters. The number of methoxy groups -OCH3 is 1. The molecular weight excluding hydrogens is 395 g/mol. The predicted octanol–water partition coefficient (Wildman–Crippen LogP) is 2.21. The summed E-state index contributed by atoms with van der Waals surface area (Å²) < 4.78 is 72.3. The Bertz CT molecular complexity index is 783. The zero-order chi connectivity index (χ0) is 21.0. The third kappa shape index (κ3) is 6.62. The molecule has 1 aromatic carbocycles. The highest BCUT2D eigenvalue weighted by Crippen LogP contribution is 2.27. The molecule has 0 fully saturated rings. The van der Waals surface area contributed by atoms with Crippen LogP contribution in [0.3, 0.4) is 0 Å². The van der Waals surface area contributed by atoms with Gasteiger partial charge in [-0.3, -0.25) is 0 Å². The third-order valence-electron chi connectivity index (χ3n) is 2.73. The van der Waals surface area contributed by atoms with Gasteiger partial charge in [0.05, 0.1) is 7.11 Å². The molecule has 152 valence electrons. The Hall–Kier alpha value is -2.50. The minimum Gasteiger partial charge on any atom is -0.467 e. The maximum Gasteiger partial charge on any atom is 0.534 e. The summed E-state index contributed by atoms with van der Waals surface area (Å²) >= 11 is 0. The number of benzene rings is 1. The molecule has 1 rings (SSSR count). The first-order valence-corrected chi connectivity index (χ1v) is 8.75. The Balaban J connectivity index is 2.96. The van der Waals surface area contributed by atoms with Crippen LogP contribution in [-0.2, 0) is 29.2 Å². The molecule has 0 heterocycles. The summed E-state index contributed by atoms with van der Waals surface area (Å²) in [6.07, 6.45) is 0. The molecule has 0 amide bonds. The van der Waals surface area contributed by atoms with E-state index < -0.39 is 45.0 Å². The van der Waals surface area contributed by atoms with E-state index >= 15 is 0 Å². The number of alkyl halides is 3. The van der Waals surface area contributed by atoms with Crippen molar-refractivity contribution in [1.82, 2.24) is 0 Å². The lowest BCUT2D eigenvalue weighted by Crippen LogP contribution is -2.42. The number of hydrogen-bond acceptors (Lipinski definition) is 8. The topological polar surface area (TPSA) is 108 Å². The Kier molecular flexibility index (Phi) is 6.70. The first kappa shape index (κ1) is 22.5. The van der Waals surface area contributed by atoms with Crippen molar-refractivity contribution < 1.29 is 44.8 Å². The molecular formula is C15H18F3NO7S. The van der Waals surface area contributed by atoms with Crippen LogP contribution in [0.25, 0.3) is 0 Å². The summed E-state index contributed by atoms with van der Waals surface area (Å²) in [6, 6.07) is 2.51. The number of carbonyl (C=O) groups excluding carboxylic acids is 2. The van der Waals surface area contributed by atoms with Gasteiger partial charge >= 0.3 is 27.6 Å². The van der Waals surface area contributed by atoms with E-state index in [1.807, 2.05) is 0 Å². The van der Waals surface area contributed by atoms with Gasteiger partial charge in [-0.2, -0.15) is 21.6 Å². The van der Waals surface area contributed by atoms with Gasteiger partial charge in [0.2, 0.25) is 6.04 Å². The highest BCUT2D eigenvalue weighted by molar-refractivity contribution is 7.88. The van der Waals surface area contributed by atoms with Crippen LogP contribution in [0.2, 0.25) is 0 Å². The summed E-state index contributed by atoms with van der Waals surface area (Å²) in [6.45, 7) is 4.77. The van der Waals surface area contributed by atoms with Crippen LogP contribution < -0.4 is 9.50 Å². The maximum absolute atomic E-state index is 12.3. The molecule has 1 aromatic rings. The van der Waals surface area contributed by atoms with Crippen LogP contribution >= 0.6 is 0 Å². The largest absolute Gasteiger partial charge is 0.534 e. The average Bonchev–Trinajstić information content (AvgIpc) is 2.50. The molecule has 0 radical (unpaired) electrons. The van der Waals surface area contributed by atoms with Crippen LogP contribution in [0.15, 0.2) is 24.3 Å². The van der Waals surface area contributed by atoms with Crippen LogP contribution in [0.4, 0.5) is 18.9 Å². The highest BCUT2D eigenvalue weighted by atomic mass is 32.2. The molecule has 0 aliphatic rings. The summed E-state index contributed by atoms with van der Waals surface area (Å²) in [4.78, 5) is 23.9. The van der Waals surface area contributed by atoms with Gasteiger partial charge in [-0.05, 0) is 45.0 Å². The quantitative estimate of drug-likeness (QED) is 0.327. The van der Waals surface area contributed by atoms with E-state index in [2.05, 4.69) is 14.2 Å². The van der Waals surface area contributed by atoms with Crippen LogP contribution in [0.1, 0.15) is 20.8 Å². The van der Waals surface area contributed by atoms with Gasteiger partial charge in [0.25, 0.3) is 0 Å². The summed E-state index contributed by atoms with van der Waals surface area (Å²) in [5.41, 5.74) is -6.35. The third-order valence-corrected chi connectivity index (χ3v) is 3.71. The lowest BCUT2D eigenvalue weighted by atomic mass is 10.2. The molecule has 1 atom stereocenters. The smallest absolute Gasteiger partial charge is 0.467 e. The van der Waals surface area contributed by atoms with Crippen molar-refractivity contribution in [3.05, 3.63) is 24.3 Å². The number of carbonyl (C=O) groups is 2.